The van der Waals surface area contributed by atoms with E-state index in [1.807, 2.05) is 0 Å². The SMILES string of the molecule is CP(C)(=O)CCC(=O)N1CCCC1c1nccc(CO)n1. The lowest BCUT2D eigenvalue weighted by atomic mass is 10.2. The number of aliphatic hydroxyl groups excluding tert-OH is 1. The van der Waals surface area contributed by atoms with Gasteiger partial charge in [0.15, 0.2) is 5.82 Å². The van der Waals surface area contributed by atoms with E-state index in [-0.39, 0.29) is 18.6 Å². The van der Waals surface area contributed by atoms with Gasteiger partial charge in [-0.15, -0.1) is 0 Å². The minimum atomic E-state index is -2.18. The van der Waals surface area contributed by atoms with Crippen LogP contribution in [0.1, 0.15) is 36.8 Å². The van der Waals surface area contributed by atoms with Crippen LogP contribution in [0.25, 0.3) is 0 Å². The third kappa shape index (κ3) is 4.35. The van der Waals surface area contributed by atoms with Gasteiger partial charge in [0.1, 0.15) is 0 Å². The summed E-state index contributed by atoms with van der Waals surface area (Å²) in [4.78, 5) is 22.7. The third-order valence-electron chi connectivity index (χ3n) is 3.63. The van der Waals surface area contributed by atoms with Crippen molar-refractivity contribution in [3.63, 3.8) is 0 Å². The fourth-order valence-electron chi connectivity index (χ4n) is 2.50. The summed E-state index contributed by atoms with van der Waals surface area (Å²) in [5.41, 5.74) is 0.561. The molecule has 1 aliphatic heterocycles. The highest BCUT2D eigenvalue weighted by atomic mass is 31.2. The second kappa shape index (κ2) is 6.67. The molecule has 0 bridgehead atoms. The Labute approximate surface area is 125 Å². The van der Waals surface area contributed by atoms with Crippen LogP contribution in [-0.2, 0) is 16.0 Å². The van der Waals surface area contributed by atoms with Gasteiger partial charge in [0.25, 0.3) is 0 Å². The smallest absolute Gasteiger partial charge is 0.223 e. The number of hydrogen-bond donors (Lipinski definition) is 1. The number of amides is 1. The first-order chi connectivity index (χ1) is 9.90. The average Bonchev–Trinajstić information content (AvgIpc) is 2.93. The zero-order chi connectivity index (χ0) is 15.5. The zero-order valence-corrected chi connectivity index (χ0v) is 13.4. The number of likely N-dealkylation sites (tertiary alicyclic amines) is 1. The molecule has 1 unspecified atom stereocenters. The van der Waals surface area contributed by atoms with Crippen molar-refractivity contribution >= 4 is 13.0 Å². The normalized spacial score (nSPS) is 19.0. The van der Waals surface area contributed by atoms with Crippen molar-refractivity contribution in [2.45, 2.75) is 31.9 Å². The highest BCUT2D eigenvalue weighted by Crippen LogP contribution is 2.37. The van der Waals surface area contributed by atoms with Crippen molar-refractivity contribution in [1.29, 1.82) is 0 Å². The van der Waals surface area contributed by atoms with E-state index in [1.54, 1.807) is 30.5 Å². The maximum atomic E-state index is 12.3. The van der Waals surface area contributed by atoms with Crippen LogP contribution in [0, 0.1) is 0 Å². The summed E-state index contributed by atoms with van der Waals surface area (Å²) < 4.78 is 11.7. The third-order valence-corrected chi connectivity index (χ3v) is 4.93. The Morgan fingerprint density at radius 1 is 1.52 bits per heavy atom. The average molecular weight is 311 g/mol. The molecule has 21 heavy (non-hydrogen) atoms. The number of carbonyl (C=O) groups is 1. The summed E-state index contributed by atoms with van der Waals surface area (Å²) in [5, 5.41) is 9.15. The number of aliphatic hydroxyl groups is 1. The summed E-state index contributed by atoms with van der Waals surface area (Å²) in [6, 6.07) is 1.53. The molecule has 1 aliphatic rings. The van der Waals surface area contributed by atoms with E-state index >= 15 is 0 Å². The van der Waals surface area contributed by atoms with Crippen molar-refractivity contribution < 1.29 is 14.5 Å². The Kier molecular flexibility index (Phi) is 5.12. The van der Waals surface area contributed by atoms with Crippen molar-refractivity contribution in [1.82, 2.24) is 14.9 Å². The van der Waals surface area contributed by atoms with Gasteiger partial charge < -0.3 is 14.6 Å². The summed E-state index contributed by atoms with van der Waals surface area (Å²) in [7, 11) is -2.18. The minimum Gasteiger partial charge on any atom is -0.390 e. The molecule has 116 valence electrons. The number of carbonyl (C=O) groups excluding carboxylic acids is 1. The van der Waals surface area contributed by atoms with Gasteiger partial charge in [-0.05, 0) is 32.2 Å². The van der Waals surface area contributed by atoms with Crippen molar-refractivity contribution in [3.8, 4) is 0 Å². The lowest BCUT2D eigenvalue weighted by Gasteiger charge is -2.24. The van der Waals surface area contributed by atoms with E-state index in [4.69, 9.17) is 5.11 Å². The molecule has 6 nitrogen and oxygen atoms in total. The summed E-state index contributed by atoms with van der Waals surface area (Å²) in [5.74, 6) is 0.600. The molecule has 1 amide bonds. The van der Waals surface area contributed by atoms with Crippen LogP contribution in [0.2, 0.25) is 0 Å². The fourth-order valence-corrected chi connectivity index (χ4v) is 3.23. The molecule has 1 aromatic heterocycles. The topological polar surface area (TPSA) is 83.4 Å². The molecule has 1 aromatic rings. The van der Waals surface area contributed by atoms with Gasteiger partial charge in [-0.25, -0.2) is 9.97 Å². The van der Waals surface area contributed by atoms with Crippen LogP contribution in [0.4, 0.5) is 0 Å². The number of rotatable bonds is 5. The largest absolute Gasteiger partial charge is 0.390 e. The molecule has 2 rings (SSSR count). The van der Waals surface area contributed by atoms with E-state index in [0.717, 1.165) is 12.8 Å². The molecule has 0 radical (unpaired) electrons. The molecule has 1 fully saturated rings. The van der Waals surface area contributed by atoms with E-state index in [2.05, 4.69) is 9.97 Å². The Balaban J connectivity index is 2.09. The molecule has 0 aliphatic carbocycles. The van der Waals surface area contributed by atoms with Gasteiger partial charge >= 0.3 is 0 Å². The quantitative estimate of drug-likeness (QED) is 0.836. The Morgan fingerprint density at radius 2 is 2.29 bits per heavy atom. The molecule has 1 N–H and O–H groups in total. The maximum absolute atomic E-state index is 12.3. The molecular formula is C14H22N3O3P. The van der Waals surface area contributed by atoms with Crippen molar-refractivity contribution in [2.24, 2.45) is 0 Å². The monoisotopic (exact) mass is 311 g/mol. The zero-order valence-electron chi connectivity index (χ0n) is 12.5. The van der Waals surface area contributed by atoms with Crippen LogP contribution in [-0.4, -0.2) is 51.9 Å². The molecule has 7 heteroatoms. The van der Waals surface area contributed by atoms with E-state index < -0.39 is 7.14 Å². The van der Waals surface area contributed by atoms with Crippen LogP contribution >= 0.6 is 7.14 Å². The van der Waals surface area contributed by atoms with Crippen LogP contribution < -0.4 is 0 Å². The van der Waals surface area contributed by atoms with Crippen LogP contribution in [0.5, 0.6) is 0 Å². The van der Waals surface area contributed by atoms with E-state index in [1.165, 1.54) is 0 Å². The lowest BCUT2D eigenvalue weighted by molar-refractivity contribution is -0.131. The van der Waals surface area contributed by atoms with Gasteiger partial charge in [-0.3, -0.25) is 4.79 Å². The molecule has 0 saturated carbocycles. The molecule has 1 saturated heterocycles. The Bertz CT molecular complexity index is 558. The van der Waals surface area contributed by atoms with E-state index in [9.17, 15) is 9.36 Å². The molecule has 2 heterocycles. The number of hydrogen-bond acceptors (Lipinski definition) is 5. The molecule has 1 atom stereocenters. The fraction of sp³-hybridized carbons (Fsp3) is 0.643. The minimum absolute atomic E-state index is 0.0134. The number of aromatic nitrogens is 2. The predicted molar refractivity (Wildman–Crippen MR) is 80.6 cm³/mol. The Morgan fingerprint density at radius 3 is 2.95 bits per heavy atom. The van der Waals surface area contributed by atoms with Crippen LogP contribution in [0.15, 0.2) is 12.3 Å². The first kappa shape index (κ1) is 16.1. The van der Waals surface area contributed by atoms with Gasteiger partial charge in [-0.2, -0.15) is 0 Å². The molecule has 0 aromatic carbocycles. The summed E-state index contributed by atoms with van der Waals surface area (Å²) >= 11 is 0. The molecule has 0 spiro atoms. The molecular weight excluding hydrogens is 289 g/mol. The standard InChI is InChI=1S/C14H22N3O3P/c1-21(2,20)9-6-13(19)17-8-3-4-12(17)14-15-7-5-11(10-18)16-14/h5,7,12,18H,3-4,6,8-10H2,1-2H3. The second-order valence-corrected chi connectivity index (χ2v) is 9.45. The first-order valence-corrected chi connectivity index (χ1v) is 9.95. The first-order valence-electron chi connectivity index (χ1n) is 7.17. The lowest BCUT2D eigenvalue weighted by Crippen LogP contribution is -2.32. The van der Waals surface area contributed by atoms with Crippen LogP contribution in [0.3, 0.4) is 0 Å². The van der Waals surface area contributed by atoms with Gasteiger partial charge in [0, 0.05) is 25.3 Å². The van der Waals surface area contributed by atoms with Crippen molar-refractivity contribution in [3.05, 3.63) is 23.8 Å². The highest BCUT2D eigenvalue weighted by Gasteiger charge is 2.32. The van der Waals surface area contributed by atoms with Gasteiger partial charge in [-0.1, -0.05) is 0 Å². The highest BCUT2D eigenvalue weighted by molar-refractivity contribution is 7.62. The summed E-state index contributed by atoms with van der Waals surface area (Å²) in [6.07, 6.45) is 4.10. The van der Waals surface area contributed by atoms with Gasteiger partial charge in [0.2, 0.25) is 5.91 Å². The Hall–Kier alpha value is -1.26. The summed E-state index contributed by atoms with van der Waals surface area (Å²) in [6.45, 7) is 3.96. The van der Waals surface area contributed by atoms with Crippen molar-refractivity contribution in [2.75, 3.05) is 26.0 Å². The predicted octanol–water partition coefficient (Wildman–Crippen LogP) is 1.65. The van der Waals surface area contributed by atoms with E-state index in [0.29, 0.717) is 30.6 Å². The maximum Gasteiger partial charge on any atom is 0.223 e. The number of nitrogens with zero attached hydrogens (tertiary/aromatic N) is 3. The second-order valence-electron chi connectivity index (χ2n) is 5.86. The van der Waals surface area contributed by atoms with Gasteiger partial charge in [0.05, 0.1) is 25.5 Å².